The molecule has 136 valence electrons. The second-order valence-corrected chi connectivity index (χ2v) is 7.58. The lowest BCUT2D eigenvalue weighted by molar-refractivity contribution is -0.145. The number of nitrogens with zero attached hydrogens (tertiary/aromatic N) is 2. The van der Waals surface area contributed by atoms with E-state index >= 15 is 0 Å². The number of rotatable bonds is 8. The van der Waals surface area contributed by atoms with Gasteiger partial charge in [-0.2, -0.15) is 4.98 Å². The molecule has 1 aromatic carbocycles. The standard InChI is InChI=1S/C14H15FN2O6S2/c1-3-22-12(18)7-23-13-16-14(24-17-13)25(19,20)8-9-4-5-11(21-2)10(15)6-9/h4-6H,3,7-8H2,1-2H3. The Bertz CT molecular complexity index is 853. The third-order valence-corrected chi connectivity index (χ3v) is 5.67. The number of ether oxygens (including phenoxy) is 3. The van der Waals surface area contributed by atoms with E-state index in [4.69, 9.17) is 9.47 Å². The van der Waals surface area contributed by atoms with Gasteiger partial charge in [-0.1, -0.05) is 6.07 Å². The summed E-state index contributed by atoms with van der Waals surface area (Å²) in [6.07, 6.45) is 0. The molecule has 0 saturated carbocycles. The Kier molecular flexibility index (Phi) is 6.26. The van der Waals surface area contributed by atoms with Crippen LogP contribution in [0, 0.1) is 5.82 Å². The van der Waals surface area contributed by atoms with Crippen LogP contribution in [0.3, 0.4) is 0 Å². The summed E-state index contributed by atoms with van der Waals surface area (Å²) in [7, 11) is -2.52. The van der Waals surface area contributed by atoms with Gasteiger partial charge in [0.05, 0.1) is 19.5 Å². The van der Waals surface area contributed by atoms with Crippen molar-refractivity contribution in [2.75, 3.05) is 20.3 Å². The van der Waals surface area contributed by atoms with Crippen molar-refractivity contribution >= 4 is 27.3 Å². The van der Waals surface area contributed by atoms with E-state index in [0.717, 1.165) is 6.07 Å². The molecule has 0 aliphatic rings. The fourth-order valence-corrected chi connectivity index (χ4v) is 3.86. The van der Waals surface area contributed by atoms with E-state index in [1.165, 1.54) is 19.2 Å². The van der Waals surface area contributed by atoms with E-state index in [1.807, 2.05) is 0 Å². The first-order valence-electron chi connectivity index (χ1n) is 7.03. The predicted molar refractivity (Wildman–Crippen MR) is 85.9 cm³/mol. The summed E-state index contributed by atoms with van der Waals surface area (Å²) in [6, 6.07) is 3.63. The maximum absolute atomic E-state index is 13.7. The van der Waals surface area contributed by atoms with E-state index in [-0.39, 0.29) is 28.3 Å². The second kappa shape index (κ2) is 8.21. The Labute approximate surface area is 147 Å². The number of aromatic nitrogens is 2. The number of hydrogen-bond donors (Lipinski definition) is 0. The van der Waals surface area contributed by atoms with Crippen molar-refractivity contribution in [1.82, 2.24) is 9.36 Å². The molecule has 0 aliphatic heterocycles. The Morgan fingerprint density at radius 2 is 2.12 bits per heavy atom. The van der Waals surface area contributed by atoms with Crippen LogP contribution in [0.4, 0.5) is 4.39 Å². The first-order valence-corrected chi connectivity index (χ1v) is 9.45. The number of carbonyl (C=O) groups excluding carboxylic acids is 1. The number of sulfone groups is 1. The smallest absolute Gasteiger partial charge is 0.344 e. The Hall–Kier alpha value is -2.27. The zero-order chi connectivity index (χ0) is 18.4. The van der Waals surface area contributed by atoms with Crippen molar-refractivity contribution in [3.8, 4) is 11.8 Å². The second-order valence-electron chi connectivity index (χ2n) is 4.66. The molecule has 2 rings (SSSR count). The van der Waals surface area contributed by atoms with Gasteiger partial charge in [0.2, 0.25) is 14.2 Å². The fraction of sp³-hybridized carbons (Fsp3) is 0.357. The van der Waals surface area contributed by atoms with Gasteiger partial charge in [-0.15, -0.1) is 4.37 Å². The number of esters is 1. The van der Waals surface area contributed by atoms with Crippen molar-refractivity contribution < 1.29 is 31.8 Å². The maximum atomic E-state index is 13.7. The van der Waals surface area contributed by atoms with Gasteiger partial charge in [0, 0.05) is 11.5 Å². The molecule has 0 atom stereocenters. The number of methoxy groups -OCH3 is 1. The average molecular weight is 390 g/mol. The van der Waals surface area contributed by atoms with Gasteiger partial charge in [0.25, 0.3) is 0 Å². The number of benzene rings is 1. The van der Waals surface area contributed by atoms with Crippen LogP contribution >= 0.6 is 11.5 Å². The van der Waals surface area contributed by atoms with E-state index in [0.29, 0.717) is 11.5 Å². The van der Waals surface area contributed by atoms with Crippen LogP contribution < -0.4 is 9.47 Å². The lowest BCUT2D eigenvalue weighted by Crippen LogP contribution is -2.15. The topological polar surface area (TPSA) is 105 Å². The average Bonchev–Trinajstić information content (AvgIpc) is 3.03. The zero-order valence-corrected chi connectivity index (χ0v) is 15.0. The lowest BCUT2D eigenvalue weighted by atomic mass is 10.2. The van der Waals surface area contributed by atoms with Crippen molar-refractivity contribution in [1.29, 1.82) is 0 Å². The highest BCUT2D eigenvalue weighted by Crippen LogP contribution is 2.24. The van der Waals surface area contributed by atoms with Crippen LogP contribution in [-0.4, -0.2) is 44.1 Å². The summed E-state index contributed by atoms with van der Waals surface area (Å²) in [5.41, 5.74) is 0.238. The van der Waals surface area contributed by atoms with Crippen molar-refractivity contribution in [3.05, 3.63) is 29.6 Å². The molecule has 0 bridgehead atoms. The fourth-order valence-electron chi connectivity index (χ4n) is 1.79. The molecule has 11 heteroatoms. The Morgan fingerprint density at radius 1 is 1.36 bits per heavy atom. The van der Waals surface area contributed by atoms with Gasteiger partial charge in [-0.05, 0) is 24.6 Å². The van der Waals surface area contributed by atoms with E-state index < -0.39 is 34.0 Å². The third kappa shape index (κ3) is 5.10. The molecule has 0 spiro atoms. The quantitative estimate of drug-likeness (QED) is 0.626. The molecular weight excluding hydrogens is 375 g/mol. The molecule has 25 heavy (non-hydrogen) atoms. The lowest BCUT2D eigenvalue weighted by Gasteiger charge is -2.05. The monoisotopic (exact) mass is 390 g/mol. The summed E-state index contributed by atoms with van der Waals surface area (Å²) >= 11 is 0.608. The summed E-state index contributed by atoms with van der Waals surface area (Å²) in [5.74, 6) is -1.71. The van der Waals surface area contributed by atoms with Crippen LogP contribution in [0.25, 0.3) is 0 Å². The summed E-state index contributed by atoms with van der Waals surface area (Å²) < 4.78 is 56.2. The SMILES string of the molecule is CCOC(=O)COc1nsc(S(=O)(=O)Cc2ccc(OC)c(F)c2)n1. The minimum atomic E-state index is -3.84. The molecule has 0 radical (unpaired) electrons. The summed E-state index contributed by atoms with van der Waals surface area (Å²) in [5, 5.41) is 0. The Morgan fingerprint density at radius 3 is 2.76 bits per heavy atom. The van der Waals surface area contributed by atoms with Crippen LogP contribution in [0.2, 0.25) is 0 Å². The molecule has 1 aromatic heterocycles. The normalized spacial score (nSPS) is 11.2. The number of halogens is 1. The zero-order valence-electron chi connectivity index (χ0n) is 13.4. The van der Waals surface area contributed by atoms with Gasteiger partial charge in [-0.25, -0.2) is 17.6 Å². The van der Waals surface area contributed by atoms with Crippen LogP contribution in [0.1, 0.15) is 12.5 Å². The first kappa shape index (κ1) is 19.1. The highest BCUT2D eigenvalue weighted by molar-refractivity contribution is 7.92. The molecule has 1 heterocycles. The molecule has 0 aliphatic carbocycles. The Balaban J connectivity index is 2.07. The molecule has 0 amide bonds. The predicted octanol–water partition coefficient (Wildman–Crippen LogP) is 1.60. The molecule has 2 aromatic rings. The number of hydrogen-bond acceptors (Lipinski definition) is 9. The molecular formula is C14H15FN2O6S2. The van der Waals surface area contributed by atoms with Crippen LogP contribution in [0.5, 0.6) is 11.8 Å². The highest BCUT2D eigenvalue weighted by Gasteiger charge is 2.22. The van der Waals surface area contributed by atoms with Gasteiger partial charge >= 0.3 is 12.0 Å². The van der Waals surface area contributed by atoms with E-state index in [9.17, 15) is 17.6 Å². The maximum Gasteiger partial charge on any atom is 0.344 e. The van der Waals surface area contributed by atoms with Crippen LogP contribution in [0.15, 0.2) is 22.5 Å². The summed E-state index contributed by atoms with van der Waals surface area (Å²) in [4.78, 5) is 14.9. The van der Waals surface area contributed by atoms with Gasteiger partial charge in [-0.3, -0.25) is 0 Å². The van der Waals surface area contributed by atoms with E-state index in [2.05, 4.69) is 14.1 Å². The van der Waals surface area contributed by atoms with Crippen LogP contribution in [-0.2, 0) is 25.1 Å². The molecule has 0 saturated heterocycles. The highest BCUT2D eigenvalue weighted by atomic mass is 32.2. The number of carbonyl (C=O) groups is 1. The third-order valence-electron chi connectivity index (χ3n) is 2.85. The largest absolute Gasteiger partial charge is 0.494 e. The van der Waals surface area contributed by atoms with Crippen molar-refractivity contribution in [2.45, 2.75) is 17.0 Å². The molecule has 0 unspecified atom stereocenters. The minimum absolute atomic E-state index is 0.0201. The molecule has 8 nitrogen and oxygen atoms in total. The van der Waals surface area contributed by atoms with Gasteiger partial charge in [0.15, 0.2) is 18.2 Å². The summed E-state index contributed by atoms with van der Waals surface area (Å²) in [6.45, 7) is 1.42. The molecule has 0 N–H and O–H groups in total. The molecule has 0 fully saturated rings. The van der Waals surface area contributed by atoms with Gasteiger partial charge < -0.3 is 14.2 Å². The van der Waals surface area contributed by atoms with Crippen molar-refractivity contribution in [2.24, 2.45) is 0 Å². The van der Waals surface area contributed by atoms with Crippen molar-refractivity contribution in [3.63, 3.8) is 0 Å². The van der Waals surface area contributed by atoms with E-state index in [1.54, 1.807) is 6.92 Å². The van der Waals surface area contributed by atoms with Gasteiger partial charge in [0.1, 0.15) is 0 Å². The first-order chi connectivity index (χ1) is 11.9. The minimum Gasteiger partial charge on any atom is -0.494 e.